The molecule has 4 rings (SSSR count). The van der Waals surface area contributed by atoms with Gasteiger partial charge >= 0.3 is 12.1 Å². The Kier molecular flexibility index (Phi) is 8.48. The van der Waals surface area contributed by atoms with Crippen LogP contribution < -0.4 is 4.74 Å². The molecule has 1 saturated heterocycles. The molecule has 1 aromatic carbocycles. The number of morpholine rings is 1. The summed E-state index contributed by atoms with van der Waals surface area (Å²) in [6, 6.07) is 6.21. The van der Waals surface area contributed by atoms with Crippen molar-refractivity contribution in [1.82, 2.24) is 19.7 Å². The number of ketones is 1. The van der Waals surface area contributed by atoms with E-state index in [2.05, 4.69) is 10.1 Å². The van der Waals surface area contributed by atoms with Crippen molar-refractivity contribution in [2.75, 3.05) is 32.9 Å². The number of ether oxygens (including phenoxy) is 3. The monoisotopic (exact) mass is 548 g/mol. The van der Waals surface area contributed by atoms with Crippen molar-refractivity contribution < 1.29 is 41.8 Å². The Morgan fingerprint density at radius 2 is 1.90 bits per heavy atom. The van der Waals surface area contributed by atoms with Crippen LogP contribution in [0.1, 0.15) is 35.6 Å². The molecule has 0 saturated carbocycles. The van der Waals surface area contributed by atoms with Crippen LogP contribution in [0.25, 0.3) is 10.9 Å². The lowest BCUT2D eigenvalue weighted by atomic mass is 10.0. The first-order valence-corrected chi connectivity index (χ1v) is 12.3. The van der Waals surface area contributed by atoms with Crippen molar-refractivity contribution in [3.05, 3.63) is 53.5 Å². The van der Waals surface area contributed by atoms with E-state index in [0.717, 1.165) is 12.1 Å². The maximum Gasteiger partial charge on any atom is 0.433 e. The third-order valence-corrected chi connectivity index (χ3v) is 5.99. The van der Waals surface area contributed by atoms with Crippen LogP contribution >= 0.6 is 0 Å². The first-order chi connectivity index (χ1) is 18.5. The Bertz CT molecular complexity index is 1370. The highest BCUT2D eigenvalue weighted by molar-refractivity contribution is 5.97. The van der Waals surface area contributed by atoms with E-state index in [9.17, 15) is 27.6 Å². The van der Waals surface area contributed by atoms with Gasteiger partial charge < -0.3 is 19.1 Å². The van der Waals surface area contributed by atoms with E-state index >= 15 is 0 Å². The Hall–Kier alpha value is -4.00. The minimum atomic E-state index is -4.70. The van der Waals surface area contributed by atoms with Crippen molar-refractivity contribution in [2.45, 2.75) is 39.1 Å². The predicted octanol–water partition coefficient (Wildman–Crippen LogP) is 3.06. The van der Waals surface area contributed by atoms with E-state index in [0.29, 0.717) is 42.8 Å². The molecule has 3 aromatic rings. The summed E-state index contributed by atoms with van der Waals surface area (Å²) in [4.78, 5) is 43.0. The second kappa shape index (κ2) is 11.8. The average molecular weight is 549 g/mol. The second-order valence-electron chi connectivity index (χ2n) is 8.86. The third kappa shape index (κ3) is 6.91. The molecule has 2 aromatic heterocycles. The molecule has 13 heteroatoms. The van der Waals surface area contributed by atoms with Gasteiger partial charge in [0.2, 0.25) is 5.91 Å². The number of fused-ring (bicyclic) bond motifs is 1. The van der Waals surface area contributed by atoms with Gasteiger partial charge in [0.15, 0.2) is 11.9 Å². The summed E-state index contributed by atoms with van der Waals surface area (Å²) >= 11 is 0. The summed E-state index contributed by atoms with van der Waals surface area (Å²) in [6.45, 7) is 5.13. The number of nitrogens with zero attached hydrogens (tertiary/aromatic N) is 4. The maximum atomic E-state index is 13.1. The van der Waals surface area contributed by atoms with Crippen LogP contribution in [0.15, 0.2) is 36.5 Å². The number of benzene rings is 1. The number of aromatic nitrogens is 3. The van der Waals surface area contributed by atoms with Crippen LogP contribution in [-0.4, -0.2) is 76.3 Å². The Morgan fingerprint density at radius 1 is 1.15 bits per heavy atom. The number of amides is 1. The number of Topliss-reactive ketones (excluding diaryl/α,β-unsaturated/α-hetero) is 1. The fourth-order valence-corrected chi connectivity index (χ4v) is 4.04. The SMILES string of the molecule is CCOC(=O)C(C)Oc1cc2nn(CC(=O)N3CCOCC3)cc2cc1CC(=O)c1cccc(C(F)(F)F)n1. The molecule has 0 bridgehead atoms. The Balaban J connectivity index is 1.63. The molecule has 1 amide bonds. The standard InChI is InChI=1S/C26H27F3N4O6/c1-3-38-25(36)16(2)39-22-13-20-18(14-33(31-20)15-24(35)32-7-9-37-10-8-32)11-17(22)12-21(34)19-5-4-6-23(30-19)26(27,28)29/h4-6,11,13-14,16H,3,7-10,12,15H2,1-2H3. The van der Waals surface area contributed by atoms with E-state index in [1.165, 1.54) is 23.7 Å². The summed E-state index contributed by atoms with van der Waals surface area (Å²) in [5, 5.41) is 5.00. The van der Waals surface area contributed by atoms with Crippen LogP contribution in [0, 0.1) is 0 Å². The van der Waals surface area contributed by atoms with Crippen molar-refractivity contribution >= 4 is 28.6 Å². The summed E-state index contributed by atoms with van der Waals surface area (Å²) in [5.74, 6) is -1.31. The minimum Gasteiger partial charge on any atom is -0.479 e. The summed E-state index contributed by atoms with van der Waals surface area (Å²) < 4.78 is 56.9. The van der Waals surface area contributed by atoms with Gasteiger partial charge in [-0.2, -0.15) is 18.3 Å². The average Bonchev–Trinajstić information content (AvgIpc) is 3.29. The van der Waals surface area contributed by atoms with Gasteiger partial charge in [0.05, 0.1) is 25.3 Å². The lowest BCUT2D eigenvalue weighted by molar-refractivity contribution is -0.150. The second-order valence-corrected chi connectivity index (χ2v) is 8.86. The van der Waals surface area contributed by atoms with Gasteiger partial charge in [0, 0.05) is 42.7 Å². The van der Waals surface area contributed by atoms with Crippen molar-refractivity contribution in [3.8, 4) is 5.75 Å². The minimum absolute atomic E-state index is 0.0213. The van der Waals surface area contributed by atoms with Gasteiger partial charge in [-0.05, 0) is 32.0 Å². The first-order valence-electron chi connectivity index (χ1n) is 12.3. The van der Waals surface area contributed by atoms with Crippen molar-refractivity contribution in [3.63, 3.8) is 0 Å². The molecule has 1 aliphatic heterocycles. The number of carbonyl (C=O) groups is 3. The third-order valence-electron chi connectivity index (χ3n) is 5.99. The molecule has 0 N–H and O–H groups in total. The number of alkyl halides is 3. The molecule has 39 heavy (non-hydrogen) atoms. The number of carbonyl (C=O) groups excluding carboxylic acids is 3. The van der Waals surface area contributed by atoms with Crippen LogP contribution in [-0.2, 0) is 38.2 Å². The fraction of sp³-hybridized carbons (Fsp3) is 0.423. The highest BCUT2D eigenvalue weighted by Gasteiger charge is 2.33. The summed E-state index contributed by atoms with van der Waals surface area (Å²) in [5.41, 5.74) is -0.797. The van der Waals surface area contributed by atoms with Crippen LogP contribution in [0.3, 0.4) is 0 Å². The molecule has 0 spiro atoms. The Morgan fingerprint density at radius 3 is 2.59 bits per heavy atom. The van der Waals surface area contributed by atoms with Gasteiger partial charge in [0.25, 0.3) is 0 Å². The van der Waals surface area contributed by atoms with Crippen molar-refractivity contribution in [2.24, 2.45) is 0 Å². The molecule has 1 aliphatic rings. The summed E-state index contributed by atoms with van der Waals surface area (Å²) in [6.07, 6.45) is -4.46. The Labute approximate surface area is 221 Å². The number of hydrogen-bond acceptors (Lipinski definition) is 8. The molecule has 1 atom stereocenters. The first kappa shape index (κ1) is 28.0. The predicted molar refractivity (Wildman–Crippen MR) is 131 cm³/mol. The highest BCUT2D eigenvalue weighted by atomic mass is 19.4. The smallest absolute Gasteiger partial charge is 0.433 e. The maximum absolute atomic E-state index is 13.1. The van der Waals surface area contributed by atoms with Crippen molar-refractivity contribution in [1.29, 1.82) is 0 Å². The van der Waals surface area contributed by atoms with E-state index in [4.69, 9.17) is 14.2 Å². The molecular weight excluding hydrogens is 521 g/mol. The number of hydrogen-bond donors (Lipinski definition) is 0. The highest BCUT2D eigenvalue weighted by Crippen LogP contribution is 2.30. The molecule has 3 heterocycles. The van der Waals surface area contributed by atoms with Crippen LogP contribution in [0.4, 0.5) is 13.2 Å². The zero-order valence-electron chi connectivity index (χ0n) is 21.4. The van der Waals surface area contributed by atoms with Crippen LogP contribution in [0.2, 0.25) is 0 Å². The molecule has 0 aliphatic carbocycles. The van der Waals surface area contributed by atoms with E-state index in [1.54, 1.807) is 24.1 Å². The topological polar surface area (TPSA) is 113 Å². The fourth-order valence-electron chi connectivity index (χ4n) is 4.04. The van der Waals surface area contributed by atoms with E-state index in [-0.39, 0.29) is 36.9 Å². The molecule has 0 radical (unpaired) electrons. The number of rotatable bonds is 9. The molecule has 208 valence electrons. The van der Waals surface area contributed by atoms with Gasteiger partial charge in [-0.1, -0.05) is 6.07 Å². The molecule has 10 nitrogen and oxygen atoms in total. The molecular formula is C26H27F3N4O6. The number of halogens is 3. The van der Waals surface area contributed by atoms with Gasteiger partial charge in [-0.3, -0.25) is 14.3 Å². The summed E-state index contributed by atoms with van der Waals surface area (Å²) in [7, 11) is 0. The normalized spacial score (nSPS) is 14.7. The number of esters is 1. The van der Waals surface area contributed by atoms with Gasteiger partial charge in [0.1, 0.15) is 23.7 Å². The lowest BCUT2D eigenvalue weighted by Crippen LogP contribution is -2.42. The molecule has 1 unspecified atom stereocenters. The number of pyridine rings is 1. The van der Waals surface area contributed by atoms with E-state index in [1.807, 2.05) is 0 Å². The van der Waals surface area contributed by atoms with Gasteiger partial charge in [-0.25, -0.2) is 9.78 Å². The quantitative estimate of drug-likeness (QED) is 0.296. The zero-order valence-corrected chi connectivity index (χ0v) is 21.4. The zero-order chi connectivity index (χ0) is 28.2. The van der Waals surface area contributed by atoms with Crippen LogP contribution in [0.5, 0.6) is 5.75 Å². The largest absolute Gasteiger partial charge is 0.479 e. The lowest BCUT2D eigenvalue weighted by Gasteiger charge is -2.26. The van der Waals surface area contributed by atoms with E-state index < -0.39 is 29.7 Å². The molecule has 1 fully saturated rings. The van der Waals surface area contributed by atoms with Gasteiger partial charge in [-0.15, -0.1) is 0 Å².